The third-order valence-corrected chi connectivity index (χ3v) is 5.78. The molecule has 124 valence electrons. The molecule has 0 aliphatic heterocycles. The van der Waals surface area contributed by atoms with Crippen LogP contribution in [0, 0.1) is 6.92 Å². The van der Waals surface area contributed by atoms with Crippen LogP contribution in [-0.4, -0.2) is 25.8 Å². The minimum Gasteiger partial charge on any atom is -0.270 e. The zero-order valence-corrected chi connectivity index (χ0v) is 14.7. The summed E-state index contributed by atoms with van der Waals surface area (Å²) in [6.45, 7) is 7.34. The Morgan fingerprint density at radius 1 is 1.04 bits per heavy atom. The fraction of sp³-hybridized carbons (Fsp3) is 0.353. The maximum absolute atomic E-state index is 12.4. The number of aromatic nitrogens is 1. The molecule has 0 aliphatic carbocycles. The number of hydrogen-bond acceptors (Lipinski definition) is 3. The quantitative estimate of drug-likeness (QED) is 0.846. The molecule has 0 unspecified atom stereocenters. The Kier molecular flexibility index (Phi) is 5.74. The van der Waals surface area contributed by atoms with E-state index in [4.69, 9.17) is 0 Å². The van der Waals surface area contributed by atoms with Crippen LogP contribution in [0.25, 0.3) is 0 Å². The first kappa shape index (κ1) is 17.4. The highest BCUT2D eigenvalue weighted by Gasteiger charge is 2.22. The summed E-state index contributed by atoms with van der Waals surface area (Å²) in [5.41, 5.74) is 2.40. The molecular weight excluding hydrogens is 310 g/mol. The number of anilines is 1. The molecule has 6 heteroatoms. The number of nitrogens with zero attached hydrogens (tertiary/aromatic N) is 1. The van der Waals surface area contributed by atoms with Crippen LogP contribution in [0.1, 0.15) is 25.0 Å². The molecule has 0 amide bonds. The first-order valence-corrected chi connectivity index (χ1v) is 9.22. The Bertz CT molecular complexity index is 721. The van der Waals surface area contributed by atoms with E-state index >= 15 is 0 Å². The molecule has 1 aromatic carbocycles. The van der Waals surface area contributed by atoms with Crippen molar-refractivity contribution in [1.82, 2.24) is 4.31 Å². The molecule has 2 aromatic rings. The van der Waals surface area contributed by atoms with Gasteiger partial charge in [-0.25, -0.2) is 13.4 Å². The van der Waals surface area contributed by atoms with Crippen molar-refractivity contribution in [2.75, 3.05) is 18.4 Å². The van der Waals surface area contributed by atoms with E-state index in [9.17, 15) is 8.42 Å². The fourth-order valence-corrected chi connectivity index (χ4v) is 3.72. The molecular formula is C17H24N3O2S+. The standard InChI is InChI=1S/C17H23N3O2S/c1-4-20(5-2)23(21,22)16-10-11-17(19-13-16)18-12-15-8-6-14(3)7-9-15/h6-11,13H,4-5,12H2,1-3H3,(H,18,19)/p+1. The van der Waals surface area contributed by atoms with Crippen LogP contribution < -0.4 is 10.3 Å². The van der Waals surface area contributed by atoms with E-state index in [2.05, 4.69) is 41.5 Å². The van der Waals surface area contributed by atoms with Gasteiger partial charge in [-0.3, -0.25) is 5.32 Å². The summed E-state index contributed by atoms with van der Waals surface area (Å²) >= 11 is 0. The maximum Gasteiger partial charge on any atom is 0.272 e. The van der Waals surface area contributed by atoms with Gasteiger partial charge in [0, 0.05) is 19.2 Å². The van der Waals surface area contributed by atoms with Crippen molar-refractivity contribution in [1.29, 1.82) is 0 Å². The second-order valence-corrected chi connectivity index (χ2v) is 7.30. The normalized spacial score (nSPS) is 11.7. The van der Waals surface area contributed by atoms with Crippen LogP contribution in [0.2, 0.25) is 0 Å². The van der Waals surface area contributed by atoms with Gasteiger partial charge in [-0.15, -0.1) is 0 Å². The molecule has 23 heavy (non-hydrogen) atoms. The first-order valence-electron chi connectivity index (χ1n) is 7.78. The summed E-state index contributed by atoms with van der Waals surface area (Å²) in [6, 6.07) is 11.7. The van der Waals surface area contributed by atoms with Crippen molar-refractivity contribution in [3.63, 3.8) is 0 Å². The lowest BCUT2D eigenvalue weighted by Crippen LogP contribution is -2.31. The number of benzene rings is 1. The zero-order valence-electron chi connectivity index (χ0n) is 13.8. The van der Waals surface area contributed by atoms with Gasteiger partial charge in [-0.1, -0.05) is 43.7 Å². The summed E-state index contributed by atoms with van der Waals surface area (Å²) in [5.74, 6) is 0.782. The Balaban J connectivity index is 2.06. The van der Waals surface area contributed by atoms with E-state index in [0.29, 0.717) is 19.6 Å². The molecule has 0 saturated carbocycles. The second-order valence-electron chi connectivity index (χ2n) is 5.37. The van der Waals surface area contributed by atoms with Gasteiger partial charge in [0.15, 0.2) is 0 Å². The number of aromatic amines is 1. The van der Waals surface area contributed by atoms with Gasteiger partial charge in [0.05, 0.1) is 0 Å². The van der Waals surface area contributed by atoms with E-state index in [1.807, 2.05) is 13.8 Å². The van der Waals surface area contributed by atoms with E-state index in [0.717, 1.165) is 5.82 Å². The molecule has 0 atom stereocenters. The number of H-pyrrole nitrogens is 1. The van der Waals surface area contributed by atoms with Gasteiger partial charge in [-0.05, 0) is 18.6 Å². The van der Waals surface area contributed by atoms with Crippen molar-refractivity contribution < 1.29 is 13.4 Å². The molecule has 0 radical (unpaired) electrons. The molecule has 2 N–H and O–H groups in total. The number of rotatable bonds is 7. The average molecular weight is 334 g/mol. The van der Waals surface area contributed by atoms with Crippen LogP contribution in [-0.2, 0) is 16.6 Å². The molecule has 5 nitrogen and oxygen atoms in total. The number of nitrogens with one attached hydrogen (secondary N) is 2. The first-order chi connectivity index (χ1) is 11.0. The smallest absolute Gasteiger partial charge is 0.270 e. The second kappa shape index (κ2) is 7.57. The van der Waals surface area contributed by atoms with E-state index in [1.165, 1.54) is 21.6 Å². The molecule has 0 bridgehead atoms. The third kappa shape index (κ3) is 4.30. The SMILES string of the molecule is CCN(CC)S(=O)(=O)c1ccc(NCc2ccc(C)cc2)[nH+]c1. The Labute approximate surface area is 138 Å². The highest BCUT2D eigenvalue weighted by molar-refractivity contribution is 7.89. The summed E-state index contributed by atoms with van der Waals surface area (Å²) in [6.07, 6.45) is 1.53. The monoisotopic (exact) mass is 334 g/mol. The zero-order chi connectivity index (χ0) is 16.9. The van der Waals surface area contributed by atoms with Crippen molar-refractivity contribution >= 4 is 15.8 Å². The van der Waals surface area contributed by atoms with Gasteiger partial charge in [0.25, 0.3) is 5.82 Å². The number of hydrogen-bond donors (Lipinski definition) is 1. The molecule has 1 aromatic heterocycles. The molecule has 2 rings (SSSR count). The highest BCUT2D eigenvalue weighted by Crippen LogP contribution is 2.14. The fourth-order valence-electron chi connectivity index (χ4n) is 2.30. The molecule has 1 heterocycles. The predicted molar refractivity (Wildman–Crippen MR) is 91.6 cm³/mol. The molecule has 0 spiro atoms. The number of sulfonamides is 1. The van der Waals surface area contributed by atoms with Crippen molar-refractivity contribution in [2.45, 2.75) is 32.2 Å². The van der Waals surface area contributed by atoms with Gasteiger partial charge in [0.1, 0.15) is 17.6 Å². The molecule has 0 saturated heterocycles. The van der Waals surface area contributed by atoms with E-state index in [1.54, 1.807) is 12.1 Å². The minimum absolute atomic E-state index is 0.280. The topological polar surface area (TPSA) is 63.6 Å². The lowest BCUT2D eigenvalue weighted by atomic mass is 10.1. The van der Waals surface area contributed by atoms with Crippen LogP contribution in [0.5, 0.6) is 0 Å². The summed E-state index contributed by atoms with van der Waals surface area (Å²) in [5, 5.41) is 3.25. The van der Waals surface area contributed by atoms with Gasteiger partial charge in [0.2, 0.25) is 10.0 Å². The lowest BCUT2D eigenvalue weighted by molar-refractivity contribution is -0.364. The van der Waals surface area contributed by atoms with Gasteiger partial charge >= 0.3 is 0 Å². The molecule has 0 fully saturated rings. The van der Waals surface area contributed by atoms with Gasteiger partial charge in [-0.2, -0.15) is 4.31 Å². The predicted octanol–water partition coefficient (Wildman–Crippen LogP) is 2.45. The Morgan fingerprint density at radius 2 is 1.70 bits per heavy atom. The van der Waals surface area contributed by atoms with E-state index in [-0.39, 0.29) is 4.90 Å². The van der Waals surface area contributed by atoms with Crippen molar-refractivity contribution in [3.8, 4) is 0 Å². The lowest BCUT2D eigenvalue weighted by Gasteiger charge is -2.17. The highest BCUT2D eigenvalue weighted by atomic mass is 32.2. The summed E-state index contributed by atoms with van der Waals surface area (Å²) < 4.78 is 26.2. The van der Waals surface area contributed by atoms with Crippen molar-refractivity contribution in [2.24, 2.45) is 0 Å². The van der Waals surface area contributed by atoms with Crippen LogP contribution in [0.15, 0.2) is 47.5 Å². The maximum atomic E-state index is 12.4. The number of aryl methyl sites for hydroxylation is 1. The van der Waals surface area contributed by atoms with Crippen LogP contribution in [0.4, 0.5) is 5.82 Å². The average Bonchev–Trinajstić information content (AvgIpc) is 2.55. The minimum atomic E-state index is -3.42. The van der Waals surface area contributed by atoms with Crippen LogP contribution >= 0.6 is 0 Å². The number of pyridine rings is 1. The summed E-state index contributed by atoms with van der Waals surface area (Å²) in [4.78, 5) is 3.29. The third-order valence-electron chi connectivity index (χ3n) is 3.73. The largest absolute Gasteiger partial charge is 0.272 e. The summed E-state index contributed by atoms with van der Waals surface area (Å²) in [7, 11) is -3.42. The Hall–Kier alpha value is -1.92. The Morgan fingerprint density at radius 3 is 2.22 bits per heavy atom. The van der Waals surface area contributed by atoms with E-state index < -0.39 is 10.0 Å². The van der Waals surface area contributed by atoms with Crippen molar-refractivity contribution in [3.05, 3.63) is 53.7 Å². The molecule has 0 aliphatic rings. The van der Waals surface area contributed by atoms with Gasteiger partial charge < -0.3 is 0 Å². The van der Waals surface area contributed by atoms with Crippen LogP contribution in [0.3, 0.4) is 0 Å².